The number of ether oxygens (including phenoxy) is 1. The Labute approximate surface area is 166 Å². The van der Waals surface area contributed by atoms with Crippen molar-refractivity contribution in [3.8, 4) is 0 Å². The lowest BCUT2D eigenvalue weighted by Crippen LogP contribution is -2.46. The smallest absolute Gasteiger partial charge is 0.408 e. The van der Waals surface area contributed by atoms with Gasteiger partial charge < -0.3 is 10.1 Å². The van der Waals surface area contributed by atoms with Gasteiger partial charge in [0.15, 0.2) is 0 Å². The normalized spacial score (nSPS) is 15.0. The van der Waals surface area contributed by atoms with E-state index in [1.807, 2.05) is 18.2 Å². The van der Waals surface area contributed by atoms with E-state index in [4.69, 9.17) is 9.88 Å². The Kier molecular flexibility index (Phi) is 6.46. The van der Waals surface area contributed by atoms with Crippen LogP contribution < -0.4 is 10.5 Å². The maximum absolute atomic E-state index is 13.1. The number of rotatable bonds is 4. The van der Waals surface area contributed by atoms with Crippen molar-refractivity contribution in [3.63, 3.8) is 0 Å². The minimum atomic E-state index is -3.50. The molecule has 0 saturated carbocycles. The van der Waals surface area contributed by atoms with Crippen LogP contribution in [0.2, 0.25) is 0 Å². The minimum absolute atomic E-state index is 0.277. The number of amides is 2. The number of hydrogen-bond donors (Lipinski definition) is 2. The second-order valence-corrected chi connectivity index (χ2v) is 9.60. The van der Waals surface area contributed by atoms with Crippen molar-refractivity contribution in [3.05, 3.63) is 42.5 Å². The number of alkyl carbamates (subject to hydrolysis) is 1. The topological polar surface area (TPSA) is 111 Å². The molecule has 7 nitrogen and oxygen atoms in total. The fourth-order valence-corrected chi connectivity index (χ4v) is 3.89. The van der Waals surface area contributed by atoms with Gasteiger partial charge in [0, 0.05) is 5.39 Å². The molecule has 0 spiro atoms. The Hall–Kier alpha value is -2.45. The Morgan fingerprint density at radius 1 is 1.11 bits per heavy atom. The number of benzene rings is 2. The molecule has 0 aliphatic carbocycles. The van der Waals surface area contributed by atoms with Crippen LogP contribution in [0.3, 0.4) is 0 Å². The molecule has 0 fully saturated rings. The largest absolute Gasteiger partial charge is 0.444 e. The van der Waals surface area contributed by atoms with E-state index in [1.165, 1.54) is 0 Å². The first kappa shape index (κ1) is 21.8. The summed E-state index contributed by atoms with van der Waals surface area (Å²) in [6.45, 7) is 8.64. The van der Waals surface area contributed by atoms with Gasteiger partial charge in [0.1, 0.15) is 21.6 Å². The van der Waals surface area contributed by atoms with Crippen molar-refractivity contribution in [1.29, 1.82) is 0 Å². The predicted octanol–water partition coefficient (Wildman–Crippen LogP) is 3.62. The first-order valence-electron chi connectivity index (χ1n) is 8.97. The summed E-state index contributed by atoms with van der Waals surface area (Å²) < 4.78 is 22.1. The average molecular weight is 406 g/mol. The van der Waals surface area contributed by atoms with Gasteiger partial charge >= 0.3 is 6.09 Å². The van der Waals surface area contributed by atoms with Gasteiger partial charge in [0.25, 0.3) is 5.91 Å². The van der Waals surface area contributed by atoms with E-state index >= 15 is 0 Å². The summed E-state index contributed by atoms with van der Waals surface area (Å²) in [7, 11) is -3.50. The van der Waals surface area contributed by atoms with Crippen molar-refractivity contribution in [2.24, 2.45) is 15.4 Å². The van der Waals surface area contributed by atoms with E-state index in [0.29, 0.717) is 5.39 Å². The average Bonchev–Trinajstić information content (AvgIpc) is 2.56. The van der Waals surface area contributed by atoms with Crippen molar-refractivity contribution < 1.29 is 18.5 Å². The maximum atomic E-state index is 13.1. The van der Waals surface area contributed by atoms with E-state index in [2.05, 4.69) is 9.68 Å². The van der Waals surface area contributed by atoms with Crippen LogP contribution in [0.25, 0.3) is 10.8 Å². The monoisotopic (exact) mass is 405 g/mol. The number of nitrogens with one attached hydrogen (secondary N) is 1. The molecule has 2 amide bonds. The van der Waals surface area contributed by atoms with Crippen LogP contribution in [0.4, 0.5) is 4.79 Å². The first-order valence-corrected chi connectivity index (χ1v) is 10.5. The lowest BCUT2D eigenvalue weighted by molar-refractivity contribution is -0.120. The highest BCUT2D eigenvalue weighted by Gasteiger charge is 2.28. The number of nitrogens with zero attached hydrogens (tertiary/aromatic N) is 1. The molecule has 3 N–H and O–H groups in total. The second-order valence-electron chi connectivity index (χ2n) is 7.84. The van der Waals surface area contributed by atoms with Crippen LogP contribution in [0.15, 0.2) is 51.7 Å². The van der Waals surface area contributed by atoms with E-state index in [-0.39, 0.29) is 10.8 Å². The third kappa shape index (κ3) is 5.53. The van der Waals surface area contributed by atoms with Crippen LogP contribution in [-0.2, 0) is 19.4 Å². The van der Waals surface area contributed by atoms with E-state index in [1.54, 1.807) is 58.9 Å². The summed E-state index contributed by atoms with van der Waals surface area (Å²) in [4.78, 5) is 25.0. The molecular weight excluding hydrogens is 378 g/mol. The fraction of sp³-hybridized carbons (Fsp3) is 0.400. The minimum Gasteiger partial charge on any atom is -0.444 e. The molecule has 2 aromatic carbocycles. The summed E-state index contributed by atoms with van der Waals surface area (Å²) in [6.07, 6.45) is -0.747. The van der Waals surface area contributed by atoms with Crippen LogP contribution in [0, 0.1) is 5.92 Å². The molecule has 0 bridgehead atoms. The Morgan fingerprint density at radius 3 is 2.32 bits per heavy atom. The quantitative estimate of drug-likeness (QED) is 0.809. The van der Waals surface area contributed by atoms with Crippen molar-refractivity contribution in [2.75, 3.05) is 0 Å². The van der Waals surface area contributed by atoms with E-state index in [0.717, 1.165) is 5.39 Å². The first-order chi connectivity index (χ1) is 12.9. The molecule has 0 aliphatic heterocycles. The highest BCUT2D eigenvalue weighted by Crippen LogP contribution is 2.23. The summed E-state index contributed by atoms with van der Waals surface area (Å²) in [5, 5.41) is 9.97. The summed E-state index contributed by atoms with van der Waals surface area (Å²) in [6, 6.07) is 11.4. The molecule has 8 heteroatoms. The molecule has 0 aliphatic rings. The number of hydrogen-bond acceptors (Lipinski definition) is 4. The fourth-order valence-electron chi connectivity index (χ4n) is 2.64. The Morgan fingerprint density at radius 2 is 1.71 bits per heavy atom. The van der Waals surface area contributed by atoms with Gasteiger partial charge in [-0.25, -0.2) is 14.1 Å². The molecule has 1 unspecified atom stereocenters. The number of carbonyl (C=O) groups excluding carboxylic acids is 2. The zero-order valence-electron chi connectivity index (χ0n) is 16.8. The highest BCUT2D eigenvalue weighted by molar-refractivity contribution is 7.92. The van der Waals surface area contributed by atoms with Crippen molar-refractivity contribution >= 4 is 32.7 Å². The third-order valence-electron chi connectivity index (χ3n) is 3.90. The number of fused-ring (bicyclic) bond motifs is 1. The van der Waals surface area contributed by atoms with Gasteiger partial charge in [-0.1, -0.05) is 50.2 Å². The molecule has 0 saturated heterocycles. The Balaban J connectivity index is 2.38. The van der Waals surface area contributed by atoms with Gasteiger partial charge in [-0.15, -0.1) is 4.36 Å². The highest BCUT2D eigenvalue weighted by atomic mass is 32.2. The summed E-state index contributed by atoms with van der Waals surface area (Å²) in [5.74, 6) is -1.06. The zero-order chi connectivity index (χ0) is 21.1. The molecule has 0 radical (unpaired) electrons. The zero-order valence-corrected chi connectivity index (χ0v) is 17.6. The Bertz CT molecular complexity index is 997. The van der Waals surface area contributed by atoms with Crippen LogP contribution >= 0.6 is 0 Å². The van der Waals surface area contributed by atoms with Gasteiger partial charge in [0.05, 0.1) is 4.90 Å². The van der Waals surface area contributed by atoms with Gasteiger partial charge in [0.2, 0.25) is 0 Å². The van der Waals surface area contributed by atoms with E-state index in [9.17, 15) is 13.8 Å². The van der Waals surface area contributed by atoms with Crippen molar-refractivity contribution in [1.82, 2.24) is 5.32 Å². The second kappa shape index (κ2) is 8.28. The van der Waals surface area contributed by atoms with Crippen LogP contribution in [-0.4, -0.2) is 27.9 Å². The molecule has 2 rings (SSSR count). The molecular formula is C20H27N3O4S. The number of carbonyl (C=O) groups is 2. The SMILES string of the molecule is CC(C)[C@H](NC(=O)OC(C)(C)C)C(=O)N=S(N)(=O)c1cccc2ccccc12. The molecule has 0 aromatic heterocycles. The molecule has 2 aromatic rings. The summed E-state index contributed by atoms with van der Waals surface area (Å²) in [5.41, 5.74) is -0.712. The predicted molar refractivity (Wildman–Crippen MR) is 110 cm³/mol. The van der Waals surface area contributed by atoms with Crippen LogP contribution in [0.5, 0.6) is 0 Å². The standard InChI is InChI=1S/C20H27N3O4S/c1-13(2)17(22-19(25)27-20(3,4)5)18(24)23-28(21,26)16-12-8-10-14-9-6-7-11-15(14)16/h6-13,17H,1-5H3,(H,22,25)(H2,21,23,24,26)/t17-,28?/m0/s1. The molecule has 0 heterocycles. The third-order valence-corrected chi connectivity index (χ3v) is 5.33. The molecule has 152 valence electrons. The maximum Gasteiger partial charge on any atom is 0.408 e. The lowest BCUT2D eigenvalue weighted by atomic mass is 10.0. The van der Waals surface area contributed by atoms with E-state index < -0.39 is 33.6 Å². The van der Waals surface area contributed by atoms with Crippen molar-refractivity contribution in [2.45, 2.75) is 51.2 Å². The van der Waals surface area contributed by atoms with Gasteiger partial charge in [-0.2, -0.15) is 0 Å². The van der Waals surface area contributed by atoms with Gasteiger partial charge in [-0.3, -0.25) is 4.79 Å². The number of nitrogens with two attached hydrogens (primary N) is 1. The molecule has 28 heavy (non-hydrogen) atoms. The lowest BCUT2D eigenvalue weighted by Gasteiger charge is -2.24. The van der Waals surface area contributed by atoms with Crippen LogP contribution in [0.1, 0.15) is 34.6 Å². The summed E-state index contributed by atoms with van der Waals surface area (Å²) >= 11 is 0. The van der Waals surface area contributed by atoms with Gasteiger partial charge in [-0.05, 0) is 38.1 Å². The molecule has 2 atom stereocenters.